The van der Waals surface area contributed by atoms with Crippen LogP contribution in [0.3, 0.4) is 0 Å². The number of anilines is 1. The SMILES string of the molecule is CN1CCN(c2c(F)cc3c(=O)c(C(=O)O)cn(CCC=O)c3c2Cl)CC1. The normalized spacial score (nSPS) is 15.3. The molecule has 0 bridgehead atoms. The van der Waals surface area contributed by atoms with Crippen molar-refractivity contribution in [2.75, 3.05) is 38.1 Å². The van der Waals surface area contributed by atoms with Crippen LogP contribution < -0.4 is 10.3 Å². The number of carboxylic acid groups (broad SMARTS) is 1. The van der Waals surface area contributed by atoms with Gasteiger partial charge in [-0.3, -0.25) is 4.79 Å². The first-order valence-corrected chi connectivity index (χ1v) is 8.88. The minimum absolute atomic E-state index is 0.0505. The summed E-state index contributed by atoms with van der Waals surface area (Å²) in [5, 5.41) is 9.21. The molecule has 0 saturated carbocycles. The van der Waals surface area contributed by atoms with Crippen molar-refractivity contribution in [1.29, 1.82) is 0 Å². The molecule has 0 atom stereocenters. The van der Waals surface area contributed by atoms with Crippen molar-refractivity contribution in [3.8, 4) is 0 Å². The van der Waals surface area contributed by atoms with Crippen LogP contribution in [0.25, 0.3) is 10.9 Å². The van der Waals surface area contributed by atoms with Gasteiger partial charge in [0.2, 0.25) is 5.43 Å². The number of carboxylic acids is 1. The van der Waals surface area contributed by atoms with Crippen LogP contribution in [0.2, 0.25) is 5.02 Å². The highest BCUT2D eigenvalue weighted by molar-refractivity contribution is 6.38. The number of nitrogens with zero attached hydrogens (tertiary/aromatic N) is 3. The molecule has 1 saturated heterocycles. The molecular weight excluding hydrogens is 377 g/mol. The van der Waals surface area contributed by atoms with Crippen molar-refractivity contribution in [2.24, 2.45) is 0 Å². The molecule has 0 aliphatic carbocycles. The Morgan fingerprint density at radius 1 is 1.33 bits per heavy atom. The molecule has 1 aromatic heterocycles. The standard InChI is InChI=1S/C18H19ClFN3O4/c1-21-4-6-22(7-5-21)16-13(20)9-11-15(14(16)19)23(3-2-8-24)10-12(17(11)25)18(26)27/h8-10H,2-7H2,1H3,(H,26,27). The van der Waals surface area contributed by atoms with Crippen LogP contribution in [0, 0.1) is 5.82 Å². The molecule has 1 aliphatic heterocycles. The van der Waals surface area contributed by atoms with Gasteiger partial charge < -0.3 is 24.3 Å². The second-order valence-corrected chi connectivity index (χ2v) is 6.91. The second-order valence-electron chi connectivity index (χ2n) is 6.53. The zero-order chi connectivity index (χ0) is 19.7. The Bertz CT molecular complexity index is 967. The van der Waals surface area contributed by atoms with Gasteiger partial charge in [-0.15, -0.1) is 0 Å². The van der Waals surface area contributed by atoms with Gasteiger partial charge >= 0.3 is 5.97 Å². The minimum atomic E-state index is -1.42. The number of carbonyl (C=O) groups is 2. The molecule has 3 rings (SSSR count). The molecule has 2 aromatic rings. The maximum absolute atomic E-state index is 14.9. The first kappa shape index (κ1) is 19.3. The predicted octanol–water partition coefficient (Wildman–Crippen LogP) is 1.83. The number of halogens is 2. The average molecular weight is 396 g/mol. The van der Waals surface area contributed by atoms with Crippen LogP contribution in [0.15, 0.2) is 17.1 Å². The number of hydrogen-bond acceptors (Lipinski definition) is 5. The zero-order valence-corrected chi connectivity index (χ0v) is 15.5. The van der Waals surface area contributed by atoms with Crippen molar-refractivity contribution in [1.82, 2.24) is 9.47 Å². The highest BCUT2D eigenvalue weighted by atomic mass is 35.5. The van der Waals surface area contributed by atoms with Gasteiger partial charge in [0.1, 0.15) is 17.7 Å². The number of aromatic nitrogens is 1. The topological polar surface area (TPSA) is 82.8 Å². The molecule has 1 aromatic carbocycles. The number of fused-ring (bicyclic) bond motifs is 1. The van der Waals surface area contributed by atoms with Crippen molar-refractivity contribution >= 4 is 40.4 Å². The fourth-order valence-corrected chi connectivity index (χ4v) is 3.74. The molecule has 0 amide bonds. The monoisotopic (exact) mass is 395 g/mol. The van der Waals surface area contributed by atoms with Gasteiger partial charge in [-0.2, -0.15) is 0 Å². The van der Waals surface area contributed by atoms with E-state index in [9.17, 15) is 23.9 Å². The molecule has 1 N–H and O–H groups in total. The number of aromatic carboxylic acids is 1. The Morgan fingerprint density at radius 3 is 2.59 bits per heavy atom. The molecule has 1 fully saturated rings. The fraction of sp³-hybridized carbons (Fsp3) is 0.389. The van der Waals surface area contributed by atoms with Crippen LogP contribution in [-0.2, 0) is 11.3 Å². The third-order valence-electron chi connectivity index (χ3n) is 4.77. The quantitative estimate of drug-likeness (QED) is 0.778. The lowest BCUT2D eigenvalue weighted by Gasteiger charge is -2.35. The number of aryl methyl sites for hydroxylation is 1. The van der Waals surface area contributed by atoms with E-state index < -0.39 is 22.8 Å². The Kier molecular flexibility index (Phi) is 5.48. The minimum Gasteiger partial charge on any atom is -0.477 e. The van der Waals surface area contributed by atoms with Crippen LogP contribution in [0.1, 0.15) is 16.8 Å². The number of carbonyl (C=O) groups excluding carboxylic acids is 1. The fourth-order valence-electron chi connectivity index (χ4n) is 3.32. The van der Waals surface area contributed by atoms with E-state index in [0.717, 1.165) is 25.4 Å². The number of likely N-dealkylation sites (N-methyl/N-ethyl adjacent to an activating group) is 1. The maximum atomic E-state index is 14.9. The third kappa shape index (κ3) is 3.54. The summed E-state index contributed by atoms with van der Waals surface area (Å²) in [5.41, 5.74) is -0.856. The molecule has 0 spiro atoms. The smallest absolute Gasteiger partial charge is 0.341 e. The first-order valence-electron chi connectivity index (χ1n) is 8.50. The lowest BCUT2D eigenvalue weighted by atomic mass is 10.1. The van der Waals surface area contributed by atoms with Gasteiger partial charge in [0.15, 0.2) is 0 Å². The number of benzene rings is 1. The maximum Gasteiger partial charge on any atom is 0.341 e. The third-order valence-corrected chi connectivity index (χ3v) is 5.13. The van der Waals surface area contributed by atoms with E-state index in [1.807, 2.05) is 11.9 Å². The van der Waals surface area contributed by atoms with E-state index in [4.69, 9.17) is 11.6 Å². The summed E-state index contributed by atoms with van der Waals surface area (Å²) in [6.07, 6.45) is 1.95. The Balaban J connectivity index is 2.26. The highest BCUT2D eigenvalue weighted by Gasteiger charge is 2.25. The summed E-state index contributed by atoms with van der Waals surface area (Å²) in [7, 11) is 1.97. The summed E-state index contributed by atoms with van der Waals surface area (Å²) >= 11 is 6.51. The first-order chi connectivity index (χ1) is 12.8. The number of piperazine rings is 1. The van der Waals surface area contributed by atoms with Crippen molar-refractivity contribution < 1.29 is 19.1 Å². The summed E-state index contributed by atoms with van der Waals surface area (Å²) in [4.78, 5) is 38.6. The largest absolute Gasteiger partial charge is 0.477 e. The number of pyridine rings is 1. The molecule has 9 heteroatoms. The lowest BCUT2D eigenvalue weighted by Crippen LogP contribution is -2.45. The van der Waals surface area contributed by atoms with Crippen LogP contribution in [-0.4, -0.2) is 60.1 Å². The molecule has 7 nitrogen and oxygen atoms in total. The Morgan fingerprint density at radius 2 is 2.00 bits per heavy atom. The number of rotatable bonds is 5. The highest BCUT2D eigenvalue weighted by Crippen LogP contribution is 2.36. The van der Waals surface area contributed by atoms with E-state index in [1.54, 1.807) is 0 Å². The zero-order valence-electron chi connectivity index (χ0n) is 14.7. The molecule has 0 radical (unpaired) electrons. The average Bonchev–Trinajstić information content (AvgIpc) is 2.62. The molecule has 2 heterocycles. The molecule has 27 heavy (non-hydrogen) atoms. The van der Waals surface area contributed by atoms with Gasteiger partial charge in [0, 0.05) is 45.3 Å². The molecule has 1 aliphatic rings. The lowest BCUT2D eigenvalue weighted by molar-refractivity contribution is -0.108. The Hall–Kier alpha value is -2.45. The molecule has 144 valence electrons. The van der Waals surface area contributed by atoms with Gasteiger partial charge in [-0.05, 0) is 13.1 Å². The number of aldehydes is 1. The van der Waals surface area contributed by atoms with E-state index in [-0.39, 0.29) is 34.6 Å². The van der Waals surface area contributed by atoms with Crippen molar-refractivity contribution in [3.05, 3.63) is 38.9 Å². The Labute approximate surface area is 159 Å². The molecular formula is C18H19ClFN3O4. The van der Waals surface area contributed by atoms with Crippen LogP contribution in [0.4, 0.5) is 10.1 Å². The van der Waals surface area contributed by atoms with Gasteiger partial charge in [-0.25, -0.2) is 9.18 Å². The van der Waals surface area contributed by atoms with Crippen molar-refractivity contribution in [2.45, 2.75) is 13.0 Å². The molecule has 0 unspecified atom stereocenters. The van der Waals surface area contributed by atoms with E-state index in [1.165, 1.54) is 4.57 Å². The van der Waals surface area contributed by atoms with E-state index in [0.29, 0.717) is 19.4 Å². The van der Waals surface area contributed by atoms with Crippen LogP contribution >= 0.6 is 11.6 Å². The number of hydrogen-bond donors (Lipinski definition) is 1. The van der Waals surface area contributed by atoms with Gasteiger partial charge in [-0.1, -0.05) is 11.6 Å². The van der Waals surface area contributed by atoms with E-state index in [2.05, 4.69) is 4.90 Å². The summed E-state index contributed by atoms with van der Waals surface area (Å²) < 4.78 is 16.3. The van der Waals surface area contributed by atoms with Crippen molar-refractivity contribution in [3.63, 3.8) is 0 Å². The van der Waals surface area contributed by atoms with Gasteiger partial charge in [0.05, 0.1) is 21.6 Å². The predicted molar refractivity (Wildman–Crippen MR) is 101 cm³/mol. The van der Waals surface area contributed by atoms with Gasteiger partial charge in [0.25, 0.3) is 0 Å². The summed E-state index contributed by atoms with van der Waals surface area (Å²) in [6.45, 7) is 2.76. The summed E-state index contributed by atoms with van der Waals surface area (Å²) in [5.74, 6) is -2.08. The second kappa shape index (κ2) is 7.66. The van der Waals surface area contributed by atoms with E-state index >= 15 is 0 Å². The summed E-state index contributed by atoms with van der Waals surface area (Å²) in [6, 6.07) is 1.04. The van der Waals surface area contributed by atoms with Crippen LogP contribution in [0.5, 0.6) is 0 Å².